The molecule has 0 aliphatic carbocycles. The van der Waals surface area contributed by atoms with E-state index in [2.05, 4.69) is 60.5 Å². The van der Waals surface area contributed by atoms with Crippen molar-refractivity contribution in [2.45, 2.75) is 110 Å². The summed E-state index contributed by atoms with van der Waals surface area (Å²) in [5.74, 6) is -1.14. The average Bonchev–Trinajstić information content (AvgIpc) is 3.22. The summed E-state index contributed by atoms with van der Waals surface area (Å²) in [6.45, 7) is 24.0. The first-order chi connectivity index (χ1) is 21.3. The van der Waals surface area contributed by atoms with Gasteiger partial charge in [0.1, 0.15) is 22.9 Å². The SMILES string of the molecule is C=CC(Cn1nc(Oc2cc(C(F)(F)F)ccn2)c2c(N(C(=O)OC(C)(C)C)C(=O)OC(C)(C)C)ncnc21)O[Si](C)(C)C(C)(C)C. The van der Waals surface area contributed by atoms with Crippen molar-refractivity contribution < 1.29 is 41.4 Å². The lowest BCUT2D eigenvalue weighted by Crippen LogP contribution is -2.44. The molecule has 0 bridgehead atoms. The van der Waals surface area contributed by atoms with E-state index in [9.17, 15) is 22.8 Å². The van der Waals surface area contributed by atoms with Gasteiger partial charge in [-0.15, -0.1) is 11.7 Å². The Kier molecular flexibility index (Phi) is 10.5. The second-order valence-electron chi connectivity index (χ2n) is 14.3. The van der Waals surface area contributed by atoms with Crippen molar-refractivity contribution in [3.63, 3.8) is 0 Å². The van der Waals surface area contributed by atoms with Gasteiger partial charge in [-0.3, -0.25) is 0 Å². The van der Waals surface area contributed by atoms with E-state index in [1.807, 2.05) is 0 Å². The molecule has 0 fully saturated rings. The van der Waals surface area contributed by atoms with Gasteiger partial charge < -0.3 is 18.6 Å². The number of aromatic nitrogens is 5. The predicted octanol–water partition coefficient (Wildman–Crippen LogP) is 8.29. The van der Waals surface area contributed by atoms with Gasteiger partial charge in [0.25, 0.3) is 5.88 Å². The number of anilines is 1. The lowest BCUT2D eigenvalue weighted by atomic mass is 10.2. The van der Waals surface area contributed by atoms with Gasteiger partial charge in [-0.25, -0.2) is 29.2 Å². The molecule has 3 rings (SSSR count). The van der Waals surface area contributed by atoms with E-state index in [1.165, 1.54) is 4.68 Å². The highest BCUT2D eigenvalue weighted by Gasteiger charge is 2.40. The van der Waals surface area contributed by atoms with Gasteiger partial charge in [0.2, 0.25) is 5.88 Å². The fourth-order valence-electron chi connectivity index (χ4n) is 3.82. The van der Waals surface area contributed by atoms with Crippen molar-refractivity contribution in [1.29, 1.82) is 0 Å². The van der Waals surface area contributed by atoms with Gasteiger partial charge in [0, 0.05) is 12.3 Å². The summed E-state index contributed by atoms with van der Waals surface area (Å²) in [5, 5.41) is 4.26. The zero-order chi connectivity index (χ0) is 35.8. The van der Waals surface area contributed by atoms with E-state index in [4.69, 9.17) is 18.6 Å². The molecule has 0 aliphatic rings. The van der Waals surface area contributed by atoms with Crippen LogP contribution in [0.5, 0.6) is 11.8 Å². The zero-order valence-electron chi connectivity index (χ0n) is 28.6. The topological polar surface area (TPSA) is 131 Å². The molecular weight excluding hydrogens is 637 g/mol. The molecule has 3 aromatic heterocycles. The molecule has 0 aromatic carbocycles. The largest absolute Gasteiger partial charge is 0.443 e. The number of ether oxygens (including phenoxy) is 3. The summed E-state index contributed by atoms with van der Waals surface area (Å²) in [6.07, 6.45) is -3.88. The second-order valence-corrected chi connectivity index (χ2v) is 19.1. The standard InChI is InChI=1S/C31H43F3N6O6Si/c1-13-20(46-47(11,12)30(8,9)10)17-39-23-22(25(38-39)43-21-16-19(14-15-35-21)31(32,33)34)24(37-18-36-23)40(26(41)44-28(2,3)4)27(42)45-29(5,6)7/h13-16,18,20H,1,17H2,2-12H3. The summed E-state index contributed by atoms with van der Waals surface area (Å²) in [7, 11) is -2.32. The second kappa shape index (κ2) is 13.2. The highest BCUT2D eigenvalue weighted by Crippen LogP contribution is 2.39. The summed E-state index contributed by atoms with van der Waals surface area (Å²) >= 11 is 0. The van der Waals surface area contributed by atoms with Crippen molar-refractivity contribution in [2.24, 2.45) is 0 Å². The normalized spacial score (nSPS) is 13.7. The Labute approximate surface area is 273 Å². The minimum atomic E-state index is -4.68. The van der Waals surface area contributed by atoms with Gasteiger partial charge in [-0.05, 0) is 65.7 Å². The summed E-state index contributed by atoms with van der Waals surface area (Å²) in [5.41, 5.74) is -3.01. The molecule has 0 spiro atoms. The number of hydrogen-bond donors (Lipinski definition) is 0. The van der Waals surface area contributed by atoms with Crippen LogP contribution < -0.4 is 9.64 Å². The first-order valence-corrected chi connectivity index (χ1v) is 17.7. The fraction of sp³-hybridized carbons (Fsp3) is 0.548. The summed E-state index contributed by atoms with van der Waals surface area (Å²) in [4.78, 5) is 40.1. The van der Waals surface area contributed by atoms with Crippen LogP contribution in [0.3, 0.4) is 0 Å². The summed E-state index contributed by atoms with van der Waals surface area (Å²) < 4.78 is 65.4. The van der Waals surface area contributed by atoms with Crippen molar-refractivity contribution in [1.82, 2.24) is 24.7 Å². The lowest BCUT2D eigenvalue weighted by Gasteiger charge is -2.38. The Morgan fingerprint density at radius 3 is 2.04 bits per heavy atom. The van der Waals surface area contributed by atoms with E-state index in [0.717, 1.165) is 18.6 Å². The van der Waals surface area contributed by atoms with Gasteiger partial charge in [-0.2, -0.15) is 18.1 Å². The zero-order valence-corrected chi connectivity index (χ0v) is 29.6. The van der Waals surface area contributed by atoms with Gasteiger partial charge in [0.15, 0.2) is 19.8 Å². The molecule has 0 radical (unpaired) electrons. The van der Waals surface area contributed by atoms with E-state index in [1.54, 1.807) is 47.6 Å². The maximum Gasteiger partial charge on any atom is 0.425 e. The Morgan fingerprint density at radius 2 is 1.55 bits per heavy atom. The highest BCUT2D eigenvalue weighted by atomic mass is 28.4. The van der Waals surface area contributed by atoms with E-state index in [-0.39, 0.29) is 34.3 Å². The number of pyridine rings is 1. The minimum Gasteiger partial charge on any atom is -0.443 e. The lowest BCUT2D eigenvalue weighted by molar-refractivity contribution is -0.137. The fourth-order valence-corrected chi connectivity index (χ4v) is 5.10. The van der Waals surface area contributed by atoms with Crippen molar-refractivity contribution in [3.05, 3.63) is 42.9 Å². The van der Waals surface area contributed by atoms with Crippen LogP contribution in [0.1, 0.15) is 67.9 Å². The molecule has 1 unspecified atom stereocenters. The number of nitrogens with zero attached hydrogens (tertiary/aromatic N) is 6. The smallest absolute Gasteiger partial charge is 0.425 e. The molecule has 0 aliphatic heterocycles. The molecule has 16 heteroatoms. The quantitative estimate of drug-likeness (QED) is 0.169. The number of imide groups is 1. The third-order valence-corrected chi connectivity index (χ3v) is 11.5. The minimum absolute atomic E-state index is 0.0429. The van der Waals surface area contributed by atoms with Crippen LogP contribution >= 0.6 is 0 Å². The van der Waals surface area contributed by atoms with E-state index >= 15 is 0 Å². The van der Waals surface area contributed by atoms with Crippen LogP contribution in [-0.2, 0) is 26.6 Å². The molecule has 1 atom stereocenters. The van der Waals surface area contributed by atoms with Gasteiger partial charge in [-0.1, -0.05) is 26.8 Å². The van der Waals surface area contributed by atoms with Crippen LogP contribution in [0.4, 0.5) is 28.6 Å². The van der Waals surface area contributed by atoms with Crippen molar-refractivity contribution in [3.8, 4) is 11.8 Å². The first-order valence-electron chi connectivity index (χ1n) is 14.8. The van der Waals surface area contributed by atoms with Crippen LogP contribution in [0.25, 0.3) is 11.0 Å². The number of carbonyl (C=O) groups is 2. The van der Waals surface area contributed by atoms with E-state index < -0.39 is 55.4 Å². The molecule has 0 saturated carbocycles. The van der Waals surface area contributed by atoms with Crippen LogP contribution in [0.15, 0.2) is 37.3 Å². The number of carbonyl (C=O) groups excluding carboxylic acids is 2. The average molecular weight is 681 g/mol. The maximum absolute atomic E-state index is 13.5. The number of alkyl halides is 3. The molecule has 3 aromatic rings. The molecule has 0 N–H and O–H groups in total. The Hall–Kier alpha value is -4.05. The number of hydrogen-bond acceptors (Lipinski definition) is 10. The molecule has 47 heavy (non-hydrogen) atoms. The van der Waals surface area contributed by atoms with Crippen LogP contribution in [0.2, 0.25) is 18.1 Å². The van der Waals surface area contributed by atoms with Crippen molar-refractivity contribution in [2.75, 3.05) is 4.90 Å². The van der Waals surface area contributed by atoms with E-state index in [0.29, 0.717) is 11.0 Å². The molecule has 3 heterocycles. The monoisotopic (exact) mass is 680 g/mol. The first kappa shape index (κ1) is 37.4. The summed E-state index contributed by atoms with van der Waals surface area (Å²) in [6, 6.07) is 1.48. The Balaban J connectivity index is 2.28. The van der Waals surface area contributed by atoms with Crippen LogP contribution in [0, 0.1) is 0 Å². The highest BCUT2D eigenvalue weighted by molar-refractivity contribution is 6.74. The number of fused-ring (bicyclic) bond motifs is 1. The third-order valence-electron chi connectivity index (χ3n) is 6.97. The predicted molar refractivity (Wildman–Crippen MR) is 172 cm³/mol. The third kappa shape index (κ3) is 9.50. The van der Waals surface area contributed by atoms with Crippen LogP contribution in [-0.4, -0.2) is 62.5 Å². The molecule has 2 amide bonds. The Morgan fingerprint density at radius 1 is 0.979 bits per heavy atom. The van der Waals surface area contributed by atoms with Gasteiger partial charge >= 0.3 is 18.4 Å². The van der Waals surface area contributed by atoms with Crippen molar-refractivity contribution >= 4 is 37.4 Å². The molecule has 258 valence electrons. The number of amides is 2. The number of rotatable bonds is 8. The Bertz CT molecular complexity index is 1590. The maximum atomic E-state index is 13.5. The molecule has 12 nitrogen and oxygen atoms in total. The van der Waals surface area contributed by atoms with Gasteiger partial charge in [0.05, 0.1) is 18.2 Å². The molecular formula is C31H43F3N6O6Si. The number of halogens is 3. The molecule has 0 saturated heterocycles.